The van der Waals surface area contributed by atoms with E-state index in [1.54, 1.807) is 6.07 Å². The zero-order valence-corrected chi connectivity index (χ0v) is 7.36. The van der Waals surface area contributed by atoms with Crippen LogP contribution >= 0.6 is 15.9 Å². The minimum atomic E-state index is -0.393. The van der Waals surface area contributed by atoms with Gasteiger partial charge < -0.3 is 0 Å². The van der Waals surface area contributed by atoms with Gasteiger partial charge >= 0.3 is 0 Å². The van der Waals surface area contributed by atoms with Gasteiger partial charge in [0.25, 0.3) is 0 Å². The zero-order chi connectivity index (χ0) is 8.43. The summed E-state index contributed by atoms with van der Waals surface area (Å²) in [4.78, 5) is 0. The number of benzene rings is 1. The molecule has 0 N–H and O–H groups in total. The molecule has 1 aromatic rings. The van der Waals surface area contributed by atoms with Crippen molar-refractivity contribution in [1.82, 2.24) is 0 Å². The minimum Gasteiger partial charge on any atom is -0.207 e. The monoisotopic (exact) mass is 208 g/mol. The Morgan fingerprint density at radius 2 is 2.00 bits per heavy atom. The third-order valence-corrected chi connectivity index (χ3v) is 1.95. The molecule has 0 aliphatic carbocycles. The first-order valence-corrected chi connectivity index (χ1v) is 4.16. The van der Waals surface area contributed by atoms with Crippen molar-refractivity contribution >= 4 is 42.5 Å². The van der Waals surface area contributed by atoms with Crippen molar-refractivity contribution in [1.29, 1.82) is 0 Å². The van der Waals surface area contributed by atoms with Crippen molar-refractivity contribution in [3.63, 3.8) is 0 Å². The van der Waals surface area contributed by atoms with Crippen LogP contribution in [0.25, 0.3) is 0 Å². The molecule has 0 amide bonds. The van der Waals surface area contributed by atoms with Crippen LogP contribution in [0.1, 0.15) is 5.56 Å². The van der Waals surface area contributed by atoms with E-state index in [2.05, 4.69) is 15.9 Å². The van der Waals surface area contributed by atoms with Gasteiger partial charge in [-0.25, -0.2) is 4.39 Å². The van der Waals surface area contributed by atoms with Gasteiger partial charge in [0.2, 0.25) is 0 Å². The van der Waals surface area contributed by atoms with Crippen LogP contribution in [0.4, 0.5) is 4.39 Å². The van der Waals surface area contributed by atoms with E-state index in [9.17, 15) is 4.39 Å². The topological polar surface area (TPSA) is 0 Å². The second-order valence-electron chi connectivity index (χ2n) is 2.22. The number of alkyl halides is 1. The first kappa shape index (κ1) is 8.85. The molecule has 0 aromatic heterocycles. The highest BCUT2D eigenvalue weighted by atomic mass is 79.9. The molecule has 0 nitrogen and oxygen atoms in total. The van der Waals surface area contributed by atoms with E-state index in [0.717, 1.165) is 0 Å². The summed E-state index contributed by atoms with van der Waals surface area (Å²) in [5.74, 6) is -0.393. The molecule has 52 valence electrons. The number of hydrogen-bond acceptors (Lipinski definition) is 0. The molecule has 0 unspecified atom stereocenters. The van der Waals surface area contributed by atoms with Gasteiger partial charge in [0.1, 0.15) is 21.5 Å². The predicted octanol–water partition coefficient (Wildman–Crippen LogP) is 0.308. The first-order valence-electron chi connectivity index (χ1n) is 3.04. The molecule has 0 aliphatic rings. The molecule has 0 atom stereocenters. The lowest BCUT2D eigenvalue weighted by atomic mass is 9.85. The SMILES string of the molecule is [B]c1cc([B])c(F)c(CBr)c1. The van der Waals surface area contributed by atoms with E-state index in [0.29, 0.717) is 16.4 Å². The van der Waals surface area contributed by atoms with E-state index >= 15 is 0 Å². The predicted molar refractivity (Wildman–Crippen MR) is 49.8 cm³/mol. The van der Waals surface area contributed by atoms with Crippen LogP contribution in [0.15, 0.2) is 12.1 Å². The quantitative estimate of drug-likeness (QED) is 0.460. The standard InChI is InChI=1S/C7H4B2BrF/c8-5-1-4(3-10)7(11)6(9)2-5/h1-2H,3H2. The molecule has 0 aliphatic heterocycles. The summed E-state index contributed by atoms with van der Waals surface area (Å²) in [6, 6.07) is 2.96. The van der Waals surface area contributed by atoms with Crippen molar-refractivity contribution in [3.8, 4) is 0 Å². The van der Waals surface area contributed by atoms with Gasteiger partial charge in [-0.3, -0.25) is 0 Å². The van der Waals surface area contributed by atoms with Gasteiger partial charge in [-0.1, -0.05) is 39.0 Å². The van der Waals surface area contributed by atoms with Crippen LogP contribution in [0, 0.1) is 5.82 Å². The maximum Gasteiger partial charge on any atom is 0.120 e. The molecule has 0 bridgehead atoms. The van der Waals surface area contributed by atoms with Crippen LogP contribution in [0.3, 0.4) is 0 Å². The van der Waals surface area contributed by atoms with Crippen molar-refractivity contribution in [3.05, 3.63) is 23.5 Å². The van der Waals surface area contributed by atoms with Crippen LogP contribution in [0.5, 0.6) is 0 Å². The molecule has 0 heterocycles. The Kier molecular flexibility index (Phi) is 2.77. The zero-order valence-electron chi connectivity index (χ0n) is 5.77. The highest BCUT2D eigenvalue weighted by molar-refractivity contribution is 9.08. The Labute approximate surface area is 76.1 Å². The fourth-order valence-electron chi connectivity index (χ4n) is 0.832. The number of rotatable bonds is 1. The van der Waals surface area contributed by atoms with E-state index in [-0.39, 0.29) is 5.46 Å². The summed E-state index contributed by atoms with van der Waals surface area (Å²) < 4.78 is 13.0. The second kappa shape index (κ2) is 3.44. The lowest BCUT2D eigenvalue weighted by Crippen LogP contribution is -2.19. The molecule has 0 fully saturated rings. The molecule has 4 radical (unpaired) electrons. The number of halogens is 2. The smallest absolute Gasteiger partial charge is 0.120 e. The lowest BCUT2D eigenvalue weighted by Gasteiger charge is -2.04. The molecular formula is C7H4B2BrF. The average Bonchev–Trinajstić information content (AvgIpc) is 1.96. The van der Waals surface area contributed by atoms with Gasteiger partial charge in [0.05, 0.1) is 0 Å². The molecular weight excluding hydrogens is 205 g/mol. The molecule has 1 aromatic carbocycles. The maximum absolute atomic E-state index is 13.0. The summed E-state index contributed by atoms with van der Waals surface area (Å²) in [6.45, 7) is 0. The average molecular weight is 209 g/mol. The van der Waals surface area contributed by atoms with E-state index in [1.165, 1.54) is 6.07 Å². The Morgan fingerprint density at radius 3 is 2.55 bits per heavy atom. The largest absolute Gasteiger partial charge is 0.207 e. The normalized spacial score (nSPS) is 10.0. The molecule has 4 heteroatoms. The van der Waals surface area contributed by atoms with E-state index < -0.39 is 5.82 Å². The highest BCUT2D eigenvalue weighted by Gasteiger charge is 2.03. The third-order valence-electron chi connectivity index (χ3n) is 1.34. The van der Waals surface area contributed by atoms with Crippen LogP contribution < -0.4 is 10.9 Å². The lowest BCUT2D eigenvalue weighted by molar-refractivity contribution is 0.626. The molecule has 11 heavy (non-hydrogen) atoms. The van der Waals surface area contributed by atoms with Crippen LogP contribution in [0.2, 0.25) is 0 Å². The maximum atomic E-state index is 13.0. The summed E-state index contributed by atoms with van der Waals surface area (Å²) in [5, 5.41) is 0.425. The molecule has 0 saturated heterocycles. The Hall–Kier alpha value is -0.240. The van der Waals surface area contributed by atoms with Crippen molar-refractivity contribution in [2.45, 2.75) is 5.33 Å². The third kappa shape index (κ3) is 1.86. The minimum absolute atomic E-state index is 0.0967. The Bertz CT molecular complexity index is 275. The van der Waals surface area contributed by atoms with Gasteiger partial charge in [0, 0.05) is 5.33 Å². The van der Waals surface area contributed by atoms with Gasteiger partial charge in [-0.15, -0.1) is 0 Å². The summed E-state index contributed by atoms with van der Waals surface area (Å²) in [7, 11) is 10.8. The van der Waals surface area contributed by atoms with E-state index in [4.69, 9.17) is 15.7 Å². The fraction of sp³-hybridized carbons (Fsp3) is 0.143. The summed E-state index contributed by atoms with van der Waals surface area (Å²) in [5.41, 5.74) is 1.07. The summed E-state index contributed by atoms with van der Waals surface area (Å²) >= 11 is 3.13. The Balaban J connectivity index is 3.24. The van der Waals surface area contributed by atoms with Gasteiger partial charge in [-0.05, 0) is 5.56 Å². The molecule has 0 spiro atoms. The van der Waals surface area contributed by atoms with Crippen molar-refractivity contribution < 1.29 is 4.39 Å². The van der Waals surface area contributed by atoms with Crippen molar-refractivity contribution in [2.24, 2.45) is 0 Å². The summed E-state index contributed by atoms with van der Waals surface area (Å²) in [6.07, 6.45) is 0. The number of hydrogen-bond donors (Lipinski definition) is 0. The highest BCUT2D eigenvalue weighted by Crippen LogP contribution is 2.06. The van der Waals surface area contributed by atoms with E-state index in [1.807, 2.05) is 0 Å². The van der Waals surface area contributed by atoms with Crippen LogP contribution in [-0.2, 0) is 5.33 Å². The Morgan fingerprint density at radius 1 is 1.36 bits per heavy atom. The van der Waals surface area contributed by atoms with Gasteiger partial charge in [-0.2, -0.15) is 0 Å². The van der Waals surface area contributed by atoms with Crippen LogP contribution in [-0.4, -0.2) is 15.7 Å². The molecule has 1 rings (SSSR count). The first-order chi connectivity index (χ1) is 5.15. The van der Waals surface area contributed by atoms with Crippen molar-refractivity contribution in [2.75, 3.05) is 0 Å². The van der Waals surface area contributed by atoms with Gasteiger partial charge in [0.15, 0.2) is 0 Å². The molecule has 0 saturated carbocycles. The fourth-order valence-corrected chi connectivity index (χ4v) is 1.24. The second-order valence-corrected chi connectivity index (χ2v) is 2.78.